The highest BCUT2D eigenvalue weighted by molar-refractivity contribution is 5.77. The van der Waals surface area contributed by atoms with Crippen LogP contribution in [-0.2, 0) is 11.3 Å². The summed E-state index contributed by atoms with van der Waals surface area (Å²) in [5, 5.41) is 4.42. The molecule has 144 valence electrons. The molecule has 0 N–H and O–H groups in total. The molecule has 3 aliphatic rings. The molecule has 0 unspecified atom stereocenters. The van der Waals surface area contributed by atoms with Crippen LogP contribution in [0, 0.1) is 5.92 Å². The van der Waals surface area contributed by atoms with E-state index >= 15 is 0 Å². The van der Waals surface area contributed by atoms with Crippen LogP contribution in [0.4, 0.5) is 0 Å². The largest absolute Gasteiger partial charge is 0.348 e. The van der Waals surface area contributed by atoms with Gasteiger partial charge in [0.2, 0.25) is 5.91 Å². The molecule has 3 fully saturated rings. The Bertz CT molecular complexity index is 773. The predicted octanol–water partition coefficient (Wildman–Crippen LogP) is 1.86. The Morgan fingerprint density at radius 3 is 2.78 bits per heavy atom. The summed E-state index contributed by atoms with van der Waals surface area (Å²) in [6.07, 6.45) is 6.32. The standard InChI is InChI=1S/C21H29N5O/c1-23(2)21(27)16-24-12-17-8-9-19(15-24)25(13-17)14-18-6-3-4-7-20(18)26-11-5-10-22-26/h3-7,10-11,17,19H,8-9,12-16H2,1-2H3/t17-,19+/m0/s1. The van der Waals surface area contributed by atoms with Gasteiger partial charge < -0.3 is 4.90 Å². The number of aromatic nitrogens is 2. The summed E-state index contributed by atoms with van der Waals surface area (Å²) in [5.41, 5.74) is 2.46. The van der Waals surface area contributed by atoms with Crippen molar-refractivity contribution in [2.24, 2.45) is 5.92 Å². The minimum Gasteiger partial charge on any atom is -0.348 e. The van der Waals surface area contributed by atoms with Gasteiger partial charge in [-0.1, -0.05) is 18.2 Å². The number of nitrogens with zero attached hydrogens (tertiary/aromatic N) is 5. The van der Waals surface area contributed by atoms with Crippen molar-refractivity contribution in [3.8, 4) is 5.69 Å². The van der Waals surface area contributed by atoms with E-state index in [1.807, 2.05) is 37.2 Å². The summed E-state index contributed by atoms with van der Waals surface area (Å²) >= 11 is 0. The molecule has 1 aromatic heterocycles. The van der Waals surface area contributed by atoms with Crippen LogP contribution < -0.4 is 0 Å². The summed E-state index contributed by atoms with van der Waals surface area (Å²) in [5.74, 6) is 0.849. The zero-order valence-corrected chi connectivity index (χ0v) is 16.3. The minimum atomic E-state index is 0.201. The maximum Gasteiger partial charge on any atom is 0.236 e. The predicted molar refractivity (Wildman–Crippen MR) is 106 cm³/mol. The van der Waals surface area contributed by atoms with E-state index in [1.165, 1.54) is 18.4 Å². The highest BCUT2D eigenvalue weighted by Gasteiger charge is 2.35. The first-order valence-electron chi connectivity index (χ1n) is 9.84. The Morgan fingerprint density at radius 1 is 1.15 bits per heavy atom. The molecule has 3 aliphatic heterocycles. The molecule has 27 heavy (non-hydrogen) atoms. The zero-order valence-electron chi connectivity index (χ0n) is 16.3. The Balaban J connectivity index is 1.49. The van der Waals surface area contributed by atoms with Crippen LogP contribution in [0.5, 0.6) is 0 Å². The van der Waals surface area contributed by atoms with Crippen molar-refractivity contribution in [1.82, 2.24) is 24.5 Å². The van der Waals surface area contributed by atoms with Gasteiger partial charge in [-0.2, -0.15) is 5.10 Å². The van der Waals surface area contributed by atoms with E-state index in [4.69, 9.17) is 0 Å². The number of fused-ring (bicyclic) bond motifs is 4. The average molecular weight is 367 g/mol. The Morgan fingerprint density at radius 2 is 2.00 bits per heavy atom. The van der Waals surface area contributed by atoms with Gasteiger partial charge in [-0.25, -0.2) is 4.68 Å². The first kappa shape index (κ1) is 18.2. The van der Waals surface area contributed by atoms with Gasteiger partial charge in [0.1, 0.15) is 0 Å². The van der Waals surface area contributed by atoms with Crippen LogP contribution in [0.25, 0.3) is 5.69 Å². The second-order valence-electron chi connectivity index (χ2n) is 8.09. The van der Waals surface area contributed by atoms with Gasteiger partial charge in [0.05, 0.1) is 12.2 Å². The lowest BCUT2D eigenvalue weighted by Gasteiger charge is -2.36. The number of carbonyl (C=O) groups excluding carboxylic acids is 1. The van der Waals surface area contributed by atoms with Gasteiger partial charge >= 0.3 is 0 Å². The van der Waals surface area contributed by atoms with Crippen molar-refractivity contribution in [3.63, 3.8) is 0 Å². The highest BCUT2D eigenvalue weighted by atomic mass is 16.2. The number of hydrogen-bond donors (Lipinski definition) is 0. The lowest BCUT2D eigenvalue weighted by Crippen LogP contribution is -2.44. The SMILES string of the molecule is CN(C)C(=O)CN1C[C@@H]2CC[C@H](C1)N(Cc1ccccc1-n1cccn1)C2. The normalized spacial score (nSPS) is 23.3. The second kappa shape index (κ2) is 7.82. The van der Waals surface area contributed by atoms with Crippen LogP contribution in [0.2, 0.25) is 0 Å². The lowest BCUT2D eigenvalue weighted by molar-refractivity contribution is -0.130. The third-order valence-electron chi connectivity index (χ3n) is 5.88. The molecule has 4 heterocycles. The van der Waals surface area contributed by atoms with E-state index in [9.17, 15) is 4.79 Å². The fourth-order valence-corrected chi connectivity index (χ4v) is 4.43. The number of hydrogen-bond acceptors (Lipinski definition) is 4. The van der Waals surface area contributed by atoms with Crippen molar-refractivity contribution in [2.75, 3.05) is 40.3 Å². The van der Waals surface area contributed by atoms with Gasteiger partial charge in [0.25, 0.3) is 0 Å². The molecular weight excluding hydrogens is 338 g/mol. The summed E-state index contributed by atoms with van der Waals surface area (Å²) in [4.78, 5) is 18.9. The van der Waals surface area contributed by atoms with Crippen LogP contribution in [-0.4, -0.2) is 76.7 Å². The molecule has 2 atom stereocenters. The van der Waals surface area contributed by atoms with Crippen molar-refractivity contribution < 1.29 is 4.79 Å². The van der Waals surface area contributed by atoms with Crippen molar-refractivity contribution in [1.29, 1.82) is 0 Å². The molecule has 2 bridgehead atoms. The van der Waals surface area contributed by atoms with Crippen molar-refractivity contribution in [3.05, 3.63) is 48.3 Å². The van der Waals surface area contributed by atoms with E-state index in [1.54, 1.807) is 4.90 Å². The molecule has 0 radical (unpaired) electrons. The molecule has 0 saturated carbocycles. The number of benzene rings is 1. The molecule has 0 aliphatic carbocycles. The number of carbonyl (C=O) groups is 1. The molecule has 6 heteroatoms. The summed E-state index contributed by atoms with van der Waals surface area (Å²) < 4.78 is 1.95. The molecular formula is C21H29N5O. The van der Waals surface area contributed by atoms with Gasteiger partial charge in [-0.15, -0.1) is 0 Å². The molecule has 5 rings (SSSR count). The number of amides is 1. The van der Waals surface area contributed by atoms with Gasteiger partial charge in [-0.05, 0) is 36.5 Å². The number of likely N-dealkylation sites (N-methyl/N-ethyl adjacent to an activating group) is 1. The van der Waals surface area contributed by atoms with Gasteiger partial charge in [-0.3, -0.25) is 14.6 Å². The number of rotatable bonds is 5. The molecule has 0 spiro atoms. The van der Waals surface area contributed by atoms with E-state index in [0.717, 1.165) is 31.9 Å². The Kier molecular flexibility index (Phi) is 5.27. The molecule has 1 aromatic carbocycles. The topological polar surface area (TPSA) is 44.6 Å². The molecule has 6 nitrogen and oxygen atoms in total. The molecule has 1 amide bonds. The van der Waals surface area contributed by atoms with Crippen LogP contribution in [0.1, 0.15) is 18.4 Å². The summed E-state index contributed by atoms with van der Waals surface area (Å²) in [6.45, 7) is 4.61. The Labute approximate surface area is 161 Å². The summed E-state index contributed by atoms with van der Waals surface area (Å²) in [6, 6.07) is 11.0. The number of piperidine rings is 1. The maximum absolute atomic E-state index is 12.2. The van der Waals surface area contributed by atoms with Crippen molar-refractivity contribution in [2.45, 2.75) is 25.4 Å². The molecule has 2 aromatic rings. The third kappa shape index (κ3) is 4.06. The minimum absolute atomic E-state index is 0.201. The fraction of sp³-hybridized carbons (Fsp3) is 0.524. The summed E-state index contributed by atoms with van der Waals surface area (Å²) in [7, 11) is 3.68. The monoisotopic (exact) mass is 367 g/mol. The van der Waals surface area contributed by atoms with E-state index in [2.05, 4.69) is 39.2 Å². The quantitative estimate of drug-likeness (QED) is 0.809. The van der Waals surface area contributed by atoms with Crippen LogP contribution in [0.15, 0.2) is 42.7 Å². The fourth-order valence-electron chi connectivity index (χ4n) is 4.43. The first-order valence-corrected chi connectivity index (χ1v) is 9.84. The highest BCUT2D eigenvalue weighted by Crippen LogP contribution is 2.30. The number of para-hydroxylation sites is 1. The average Bonchev–Trinajstić information content (AvgIpc) is 3.05. The molecule has 3 saturated heterocycles. The van der Waals surface area contributed by atoms with E-state index < -0.39 is 0 Å². The van der Waals surface area contributed by atoms with Crippen LogP contribution in [0.3, 0.4) is 0 Å². The zero-order chi connectivity index (χ0) is 18.8. The van der Waals surface area contributed by atoms with Gasteiger partial charge in [0.15, 0.2) is 0 Å². The second-order valence-corrected chi connectivity index (χ2v) is 8.09. The third-order valence-corrected chi connectivity index (χ3v) is 5.88. The van der Waals surface area contributed by atoms with Crippen LogP contribution >= 0.6 is 0 Å². The van der Waals surface area contributed by atoms with E-state index in [-0.39, 0.29) is 5.91 Å². The first-order chi connectivity index (χ1) is 13.1. The smallest absolute Gasteiger partial charge is 0.236 e. The van der Waals surface area contributed by atoms with Crippen molar-refractivity contribution >= 4 is 5.91 Å². The van der Waals surface area contributed by atoms with Gasteiger partial charge in [0, 0.05) is 58.7 Å². The lowest BCUT2D eigenvalue weighted by atomic mass is 9.94. The maximum atomic E-state index is 12.2. The van der Waals surface area contributed by atoms with E-state index in [0.29, 0.717) is 18.5 Å². The Hall–Kier alpha value is -2.18.